The first-order chi connectivity index (χ1) is 9.40. The Kier molecular flexibility index (Phi) is 3.78. The van der Waals surface area contributed by atoms with Gasteiger partial charge in [-0.25, -0.2) is 14.6 Å². The van der Waals surface area contributed by atoms with E-state index in [0.717, 1.165) is 16.0 Å². The summed E-state index contributed by atoms with van der Waals surface area (Å²) in [5.74, 6) is -0.550. The van der Waals surface area contributed by atoms with Crippen LogP contribution in [0.15, 0.2) is 12.3 Å². The molecule has 2 rings (SSSR count). The second kappa shape index (κ2) is 5.36. The number of carboxylic acid groups (broad SMARTS) is 2. The summed E-state index contributed by atoms with van der Waals surface area (Å²) in [6.45, 7) is 4.00. The summed E-state index contributed by atoms with van der Waals surface area (Å²) in [7, 11) is 0. The average Bonchev–Trinajstić information content (AvgIpc) is 2.76. The molecule has 1 fully saturated rings. The number of hydrogen-bond donors (Lipinski definition) is 3. The molecule has 0 radical (unpaired) electrons. The maximum atomic E-state index is 11.3. The predicted molar refractivity (Wildman–Crippen MR) is 71.9 cm³/mol. The van der Waals surface area contributed by atoms with Crippen LogP contribution in [0.4, 0.5) is 10.6 Å². The van der Waals surface area contributed by atoms with E-state index < -0.39 is 24.1 Å². The molecule has 108 valence electrons. The number of amides is 1. The maximum Gasteiger partial charge on any atom is 0.408 e. The molecule has 1 aromatic heterocycles. The van der Waals surface area contributed by atoms with Gasteiger partial charge in [0.2, 0.25) is 0 Å². The third-order valence-electron chi connectivity index (χ3n) is 3.43. The van der Waals surface area contributed by atoms with Gasteiger partial charge in [0.25, 0.3) is 0 Å². The number of carbonyl (C=O) groups is 2. The van der Waals surface area contributed by atoms with Crippen molar-refractivity contribution >= 4 is 17.9 Å². The molecule has 1 amide bonds. The van der Waals surface area contributed by atoms with Gasteiger partial charge in [0.1, 0.15) is 5.82 Å². The number of nitrogens with zero attached hydrogens (tertiary/aromatic N) is 2. The number of hydrogen-bond acceptors (Lipinski definition) is 4. The molecule has 0 unspecified atom stereocenters. The van der Waals surface area contributed by atoms with Crippen molar-refractivity contribution in [3.8, 4) is 0 Å². The minimum absolute atomic E-state index is 0.203. The van der Waals surface area contributed by atoms with Crippen molar-refractivity contribution in [2.24, 2.45) is 0 Å². The van der Waals surface area contributed by atoms with Crippen molar-refractivity contribution in [2.45, 2.75) is 32.4 Å². The van der Waals surface area contributed by atoms with Crippen molar-refractivity contribution in [3.63, 3.8) is 0 Å². The van der Waals surface area contributed by atoms with Gasteiger partial charge in [-0.3, -0.25) is 4.90 Å². The molecule has 2 heterocycles. The molecule has 7 nitrogen and oxygen atoms in total. The topological polar surface area (TPSA) is 103 Å². The van der Waals surface area contributed by atoms with E-state index in [1.165, 1.54) is 0 Å². The van der Waals surface area contributed by atoms with Crippen LogP contribution < -0.4 is 5.32 Å². The predicted octanol–water partition coefficient (Wildman–Crippen LogP) is 1.32. The lowest BCUT2D eigenvalue weighted by atomic mass is 10.1. The molecule has 1 aliphatic rings. The molecule has 0 aromatic carbocycles. The number of aromatic nitrogens is 1. The number of rotatable bonds is 3. The van der Waals surface area contributed by atoms with Crippen LogP contribution in [-0.2, 0) is 4.79 Å². The van der Waals surface area contributed by atoms with Gasteiger partial charge in [-0.15, -0.1) is 0 Å². The molecule has 1 aromatic rings. The Morgan fingerprint density at radius 3 is 2.65 bits per heavy atom. The number of pyridine rings is 1. The molecule has 1 aliphatic heterocycles. The normalized spacial score (nSPS) is 21.8. The van der Waals surface area contributed by atoms with Crippen LogP contribution in [0.1, 0.15) is 17.5 Å². The molecular weight excluding hydrogens is 262 g/mol. The minimum atomic E-state index is -1.21. The monoisotopic (exact) mass is 279 g/mol. The quantitative estimate of drug-likeness (QED) is 0.771. The summed E-state index contributed by atoms with van der Waals surface area (Å²) >= 11 is 0. The fourth-order valence-corrected chi connectivity index (χ4v) is 2.51. The maximum absolute atomic E-state index is 11.3. The van der Waals surface area contributed by atoms with Crippen molar-refractivity contribution in [3.05, 3.63) is 23.4 Å². The SMILES string of the molecule is Cc1cnc(N[C@H]2CCN(C(=O)O)[C@@H]2C(=O)O)c(C)c1. The Bertz CT molecular complexity index is 546. The summed E-state index contributed by atoms with van der Waals surface area (Å²) in [4.78, 5) is 27.5. The number of carboxylic acids is 1. The zero-order valence-electron chi connectivity index (χ0n) is 11.3. The van der Waals surface area contributed by atoms with Gasteiger partial charge in [0.15, 0.2) is 6.04 Å². The Balaban J connectivity index is 2.20. The average molecular weight is 279 g/mol. The highest BCUT2D eigenvalue weighted by Crippen LogP contribution is 2.23. The van der Waals surface area contributed by atoms with Crippen LogP contribution in [-0.4, -0.2) is 50.8 Å². The Hall–Kier alpha value is -2.31. The zero-order valence-corrected chi connectivity index (χ0v) is 11.3. The van der Waals surface area contributed by atoms with E-state index in [2.05, 4.69) is 10.3 Å². The summed E-state index contributed by atoms with van der Waals surface area (Å²) in [5, 5.41) is 21.3. The molecule has 3 N–H and O–H groups in total. The minimum Gasteiger partial charge on any atom is -0.480 e. The molecule has 0 saturated carbocycles. The van der Waals surface area contributed by atoms with Crippen LogP contribution in [0.3, 0.4) is 0 Å². The summed E-state index contributed by atoms with van der Waals surface area (Å²) in [6, 6.07) is 0.377. The summed E-state index contributed by atoms with van der Waals surface area (Å²) in [6.07, 6.45) is 0.920. The highest BCUT2D eigenvalue weighted by Gasteiger charge is 2.42. The van der Waals surface area contributed by atoms with E-state index in [9.17, 15) is 14.7 Å². The molecular formula is C13H17N3O4. The number of aryl methyl sites for hydroxylation is 2. The van der Waals surface area contributed by atoms with Crippen LogP contribution in [0.2, 0.25) is 0 Å². The molecule has 20 heavy (non-hydrogen) atoms. The lowest BCUT2D eigenvalue weighted by Crippen LogP contribution is -2.47. The molecule has 0 spiro atoms. The third kappa shape index (κ3) is 2.66. The van der Waals surface area contributed by atoms with Gasteiger partial charge in [-0.2, -0.15) is 0 Å². The van der Waals surface area contributed by atoms with Gasteiger partial charge >= 0.3 is 12.1 Å². The summed E-state index contributed by atoms with van der Waals surface area (Å²) < 4.78 is 0. The second-order valence-electron chi connectivity index (χ2n) is 4.98. The fourth-order valence-electron chi connectivity index (χ4n) is 2.51. The van der Waals surface area contributed by atoms with Crippen molar-refractivity contribution in [1.82, 2.24) is 9.88 Å². The van der Waals surface area contributed by atoms with Crippen LogP contribution in [0, 0.1) is 13.8 Å². The van der Waals surface area contributed by atoms with Gasteiger partial charge in [0, 0.05) is 12.7 Å². The largest absolute Gasteiger partial charge is 0.480 e. The van der Waals surface area contributed by atoms with E-state index in [-0.39, 0.29) is 6.54 Å². The Morgan fingerprint density at radius 1 is 1.40 bits per heavy atom. The highest BCUT2D eigenvalue weighted by atomic mass is 16.4. The zero-order chi connectivity index (χ0) is 14.9. The smallest absolute Gasteiger partial charge is 0.408 e. The van der Waals surface area contributed by atoms with Crippen LogP contribution in [0.5, 0.6) is 0 Å². The van der Waals surface area contributed by atoms with Crippen molar-refractivity contribution < 1.29 is 19.8 Å². The molecule has 2 atom stereocenters. The van der Waals surface area contributed by atoms with E-state index >= 15 is 0 Å². The molecule has 7 heteroatoms. The third-order valence-corrected chi connectivity index (χ3v) is 3.43. The van der Waals surface area contributed by atoms with Crippen molar-refractivity contribution in [1.29, 1.82) is 0 Å². The fraction of sp³-hybridized carbons (Fsp3) is 0.462. The van der Waals surface area contributed by atoms with E-state index in [4.69, 9.17) is 5.11 Å². The van der Waals surface area contributed by atoms with E-state index in [0.29, 0.717) is 12.2 Å². The molecule has 0 bridgehead atoms. The number of likely N-dealkylation sites (tertiary alicyclic amines) is 1. The van der Waals surface area contributed by atoms with Crippen LogP contribution in [0.25, 0.3) is 0 Å². The first-order valence-corrected chi connectivity index (χ1v) is 6.32. The Morgan fingerprint density at radius 2 is 2.10 bits per heavy atom. The van der Waals surface area contributed by atoms with E-state index in [1.807, 2.05) is 19.9 Å². The Labute approximate surface area is 116 Å². The molecule has 0 aliphatic carbocycles. The number of nitrogens with one attached hydrogen (secondary N) is 1. The summed E-state index contributed by atoms with van der Waals surface area (Å²) in [5.41, 5.74) is 1.92. The lowest BCUT2D eigenvalue weighted by Gasteiger charge is -2.23. The second-order valence-corrected chi connectivity index (χ2v) is 4.98. The molecule has 1 saturated heterocycles. The highest BCUT2D eigenvalue weighted by molar-refractivity contribution is 5.81. The number of anilines is 1. The van der Waals surface area contributed by atoms with Gasteiger partial charge in [-0.05, 0) is 31.4 Å². The number of aliphatic carboxylic acids is 1. The first kappa shape index (κ1) is 14.1. The van der Waals surface area contributed by atoms with Crippen LogP contribution >= 0.6 is 0 Å². The van der Waals surface area contributed by atoms with Gasteiger partial charge in [0.05, 0.1) is 6.04 Å². The first-order valence-electron chi connectivity index (χ1n) is 6.32. The van der Waals surface area contributed by atoms with Crippen molar-refractivity contribution in [2.75, 3.05) is 11.9 Å². The van der Waals surface area contributed by atoms with Gasteiger partial charge < -0.3 is 15.5 Å². The lowest BCUT2D eigenvalue weighted by molar-refractivity contribution is -0.141. The standard InChI is InChI=1S/C13H17N3O4/c1-7-5-8(2)11(14-6-7)15-9-3-4-16(13(19)20)10(9)12(17)18/h5-6,9-10H,3-4H2,1-2H3,(H,14,15)(H,17,18)(H,19,20)/t9-,10-/m0/s1. The van der Waals surface area contributed by atoms with E-state index in [1.54, 1.807) is 6.20 Å². The van der Waals surface area contributed by atoms with Gasteiger partial charge in [-0.1, -0.05) is 6.07 Å².